The Bertz CT molecular complexity index is 809. The van der Waals surface area contributed by atoms with Crippen molar-refractivity contribution in [2.24, 2.45) is 5.10 Å². The van der Waals surface area contributed by atoms with Crippen molar-refractivity contribution in [3.8, 4) is 0 Å². The molecule has 1 aromatic carbocycles. The molecule has 7 nitrogen and oxygen atoms in total. The van der Waals surface area contributed by atoms with Crippen molar-refractivity contribution in [1.82, 2.24) is 5.01 Å². The molecular formula is C16H15N3O4. The Balaban J connectivity index is 1.95. The van der Waals surface area contributed by atoms with E-state index in [0.717, 1.165) is 5.76 Å². The van der Waals surface area contributed by atoms with E-state index < -0.39 is 4.92 Å². The fraction of sp³-hybridized carbons (Fsp3) is 0.250. The maximum absolute atomic E-state index is 11.9. The molecule has 2 aromatic rings. The predicted molar refractivity (Wildman–Crippen MR) is 83.0 cm³/mol. The molecule has 0 N–H and O–H groups in total. The third-order valence-electron chi connectivity index (χ3n) is 3.72. The third-order valence-corrected chi connectivity index (χ3v) is 3.72. The van der Waals surface area contributed by atoms with E-state index in [1.807, 2.05) is 19.1 Å². The SMILES string of the molecule is CC(=O)N1N=C(c2ccc(C)o2)C[C@H]1c1cccc([N+](=O)[O-])c1. The molecule has 0 radical (unpaired) electrons. The van der Waals surface area contributed by atoms with Gasteiger partial charge in [-0.05, 0) is 24.6 Å². The van der Waals surface area contributed by atoms with Gasteiger partial charge < -0.3 is 4.42 Å². The minimum atomic E-state index is -0.450. The van der Waals surface area contributed by atoms with Crippen LogP contribution in [0.5, 0.6) is 0 Å². The van der Waals surface area contributed by atoms with E-state index in [1.54, 1.807) is 12.1 Å². The summed E-state index contributed by atoms with van der Waals surface area (Å²) in [7, 11) is 0. The van der Waals surface area contributed by atoms with E-state index >= 15 is 0 Å². The van der Waals surface area contributed by atoms with Crippen LogP contribution < -0.4 is 0 Å². The summed E-state index contributed by atoms with van der Waals surface area (Å²) in [6.07, 6.45) is 0.452. The second kappa shape index (κ2) is 5.68. The second-order valence-electron chi connectivity index (χ2n) is 5.39. The zero-order chi connectivity index (χ0) is 16.6. The van der Waals surface area contributed by atoms with Gasteiger partial charge in [-0.1, -0.05) is 12.1 Å². The van der Waals surface area contributed by atoms with E-state index in [9.17, 15) is 14.9 Å². The first-order chi connectivity index (χ1) is 11.0. The fourth-order valence-electron chi connectivity index (χ4n) is 2.64. The summed E-state index contributed by atoms with van der Waals surface area (Å²) in [4.78, 5) is 22.4. The monoisotopic (exact) mass is 313 g/mol. The average Bonchev–Trinajstić information content (AvgIpc) is 3.13. The number of hydrazone groups is 1. The van der Waals surface area contributed by atoms with Crippen LogP contribution in [0.2, 0.25) is 0 Å². The molecule has 0 saturated carbocycles. The lowest BCUT2D eigenvalue weighted by atomic mass is 10.0. The first-order valence-electron chi connectivity index (χ1n) is 7.14. The molecule has 0 spiro atoms. The molecule has 1 amide bonds. The van der Waals surface area contributed by atoms with Crippen LogP contribution in [0.15, 0.2) is 45.9 Å². The predicted octanol–water partition coefficient (Wildman–Crippen LogP) is 3.19. The lowest BCUT2D eigenvalue weighted by molar-refractivity contribution is -0.384. The largest absolute Gasteiger partial charge is 0.460 e. The van der Waals surface area contributed by atoms with Gasteiger partial charge in [0.2, 0.25) is 5.91 Å². The number of hydrogen-bond acceptors (Lipinski definition) is 5. The molecular weight excluding hydrogens is 298 g/mol. The number of aryl methyl sites for hydroxylation is 1. The van der Waals surface area contributed by atoms with Crippen molar-refractivity contribution in [3.63, 3.8) is 0 Å². The number of rotatable bonds is 3. The van der Waals surface area contributed by atoms with Crippen molar-refractivity contribution in [1.29, 1.82) is 0 Å². The molecule has 118 valence electrons. The van der Waals surface area contributed by atoms with Crippen LogP contribution in [-0.4, -0.2) is 21.6 Å². The number of nitro benzene ring substituents is 1. The topological polar surface area (TPSA) is 89.0 Å². The second-order valence-corrected chi connectivity index (χ2v) is 5.39. The molecule has 0 unspecified atom stereocenters. The van der Waals surface area contributed by atoms with Gasteiger partial charge in [-0.25, -0.2) is 5.01 Å². The van der Waals surface area contributed by atoms with Gasteiger partial charge in [0.1, 0.15) is 17.2 Å². The van der Waals surface area contributed by atoms with Gasteiger partial charge in [0.25, 0.3) is 5.69 Å². The van der Waals surface area contributed by atoms with Crippen LogP contribution in [-0.2, 0) is 4.79 Å². The minimum absolute atomic E-state index is 0.00621. The van der Waals surface area contributed by atoms with Crippen LogP contribution >= 0.6 is 0 Å². The smallest absolute Gasteiger partial charge is 0.269 e. The number of hydrogen-bond donors (Lipinski definition) is 0. The van der Waals surface area contributed by atoms with E-state index in [0.29, 0.717) is 23.5 Å². The van der Waals surface area contributed by atoms with Gasteiger partial charge in [0.05, 0.1) is 11.0 Å². The summed E-state index contributed by atoms with van der Waals surface area (Å²) in [5, 5.41) is 16.6. The zero-order valence-electron chi connectivity index (χ0n) is 12.7. The van der Waals surface area contributed by atoms with E-state index in [-0.39, 0.29) is 17.6 Å². The molecule has 1 aliphatic rings. The van der Waals surface area contributed by atoms with Crippen LogP contribution in [0.3, 0.4) is 0 Å². The summed E-state index contributed by atoms with van der Waals surface area (Å²) in [5.74, 6) is 1.15. The minimum Gasteiger partial charge on any atom is -0.460 e. The molecule has 1 atom stereocenters. The maximum Gasteiger partial charge on any atom is 0.269 e. The standard InChI is InChI=1S/C16H15N3O4/c1-10-6-7-16(23-10)14-9-15(18(17-14)11(2)20)12-4-3-5-13(8-12)19(21)22/h3-8,15H,9H2,1-2H3/t15-/m0/s1. The average molecular weight is 313 g/mol. The Morgan fingerprint density at radius 3 is 2.78 bits per heavy atom. The van der Waals surface area contributed by atoms with Crippen molar-refractivity contribution in [3.05, 3.63) is 63.6 Å². The molecule has 0 bridgehead atoms. The van der Waals surface area contributed by atoms with Crippen LogP contribution in [0.25, 0.3) is 0 Å². The number of furan rings is 1. The molecule has 2 heterocycles. The summed E-state index contributed by atoms with van der Waals surface area (Å²) >= 11 is 0. The summed E-state index contributed by atoms with van der Waals surface area (Å²) in [5.41, 5.74) is 1.33. The molecule has 1 aliphatic heterocycles. The summed E-state index contributed by atoms with van der Waals surface area (Å²) < 4.78 is 5.56. The number of non-ortho nitro benzene ring substituents is 1. The molecule has 7 heteroatoms. The summed E-state index contributed by atoms with van der Waals surface area (Å²) in [6.45, 7) is 3.25. The van der Waals surface area contributed by atoms with Gasteiger partial charge in [-0.2, -0.15) is 5.10 Å². The number of nitrogens with zero attached hydrogens (tertiary/aromatic N) is 3. The van der Waals surface area contributed by atoms with Gasteiger partial charge in [0, 0.05) is 25.5 Å². The lowest BCUT2D eigenvalue weighted by Gasteiger charge is -2.20. The van der Waals surface area contributed by atoms with Crippen molar-refractivity contribution < 1.29 is 14.1 Å². The van der Waals surface area contributed by atoms with Crippen LogP contribution in [0, 0.1) is 17.0 Å². The van der Waals surface area contributed by atoms with Crippen molar-refractivity contribution in [2.45, 2.75) is 26.3 Å². The highest BCUT2D eigenvalue weighted by atomic mass is 16.6. The van der Waals surface area contributed by atoms with E-state index in [1.165, 1.54) is 24.1 Å². The highest BCUT2D eigenvalue weighted by molar-refractivity contribution is 6.01. The molecule has 0 saturated heterocycles. The van der Waals surface area contributed by atoms with Crippen molar-refractivity contribution in [2.75, 3.05) is 0 Å². The number of carbonyl (C=O) groups is 1. The maximum atomic E-state index is 11.9. The molecule has 0 aliphatic carbocycles. The van der Waals surface area contributed by atoms with Crippen LogP contribution in [0.1, 0.15) is 36.5 Å². The Morgan fingerprint density at radius 2 is 2.17 bits per heavy atom. The molecule has 3 rings (SSSR count). The lowest BCUT2D eigenvalue weighted by Crippen LogP contribution is -2.24. The Kier molecular flexibility index (Phi) is 3.69. The Labute approximate surface area is 132 Å². The molecule has 1 aromatic heterocycles. The third kappa shape index (κ3) is 2.85. The van der Waals surface area contributed by atoms with E-state index in [2.05, 4.69) is 5.10 Å². The number of amides is 1. The van der Waals surface area contributed by atoms with Gasteiger partial charge >= 0.3 is 0 Å². The fourth-order valence-corrected chi connectivity index (χ4v) is 2.64. The zero-order valence-corrected chi connectivity index (χ0v) is 12.7. The Hall–Kier alpha value is -2.96. The van der Waals surface area contributed by atoms with Gasteiger partial charge in [-0.15, -0.1) is 0 Å². The first kappa shape index (κ1) is 15.0. The Morgan fingerprint density at radius 1 is 1.39 bits per heavy atom. The quantitative estimate of drug-likeness (QED) is 0.643. The number of benzene rings is 1. The van der Waals surface area contributed by atoms with Gasteiger partial charge in [-0.3, -0.25) is 14.9 Å². The summed E-state index contributed by atoms with van der Waals surface area (Å²) in [6, 6.07) is 9.55. The van der Waals surface area contributed by atoms with Crippen molar-refractivity contribution >= 4 is 17.3 Å². The molecule has 0 fully saturated rings. The van der Waals surface area contributed by atoms with Gasteiger partial charge in [0.15, 0.2) is 0 Å². The first-order valence-corrected chi connectivity index (χ1v) is 7.14. The normalized spacial score (nSPS) is 17.2. The van der Waals surface area contributed by atoms with E-state index in [4.69, 9.17) is 4.42 Å². The highest BCUT2D eigenvalue weighted by Gasteiger charge is 2.33. The number of nitro groups is 1. The highest BCUT2D eigenvalue weighted by Crippen LogP contribution is 2.34. The number of carbonyl (C=O) groups excluding carboxylic acids is 1. The van der Waals surface area contributed by atoms with Crippen LogP contribution in [0.4, 0.5) is 5.69 Å². The molecule has 23 heavy (non-hydrogen) atoms.